The van der Waals surface area contributed by atoms with Crippen LogP contribution in [0.4, 0.5) is 13.2 Å². The van der Waals surface area contributed by atoms with Crippen LogP contribution in [0.15, 0.2) is 24.3 Å². The van der Waals surface area contributed by atoms with Gasteiger partial charge >= 0.3 is 6.18 Å². The van der Waals surface area contributed by atoms with E-state index < -0.39 is 11.7 Å². The summed E-state index contributed by atoms with van der Waals surface area (Å²) in [6.45, 7) is 3.98. The van der Waals surface area contributed by atoms with Crippen molar-refractivity contribution in [2.24, 2.45) is 0 Å². The molecule has 3 heterocycles. The van der Waals surface area contributed by atoms with E-state index in [9.17, 15) is 22.8 Å². The molecule has 0 spiro atoms. The first kappa shape index (κ1) is 24.0. The second-order valence-corrected chi connectivity index (χ2v) is 9.06. The molecule has 182 valence electrons. The van der Waals surface area contributed by atoms with Gasteiger partial charge < -0.3 is 15.0 Å². The first-order valence-electron chi connectivity index (χ1n) is 11.5. The summed E-state index contributed by atoms with van der Waals surface area (Å²) >= 11 is 0. The Balaban J connectivity index is 1.37. The fourth-order valence-electron chi connectivity index (χ4n) is 5.12. The van der Waals surface area contributed by atoms with Crippen LogP contribution in [-0.2, 0) is 27.0 Å². The Morgan fingerprint density at radius 3 is 2.52 bits per heavy atom. The summed E-state index contributed by atoms with van der Waals surface area (Å²) in [6, 6.07) is 4.83. The van der Waals surface area contributed by atoms with Gasteiger partial charge in [0.25, 0.3) is 0 Å². The van der Waals surface area contributed by atoms with Crippen LogP contribution in [0.3, 0.4) is 0 Å². The van der Waals surface area contributed by atoms with E-state index in [4.69, 9.17) is 4.74 Å². The number of halogens is 3. The summed E-state index contributed by atoms with van der Waals surface area (Å²) < 4.78 is 43.8. The number of nitrogens with zero attached hydrogens (tertiary/aromatic N) is 3. The van der Waals surface area contributed by atoms with Crippen molar-refractivity contribution in [2.45, 2.75) is 50.1 Å². The molecule has 3 unspecified atom stereocenters. The molecule has 1 aromatic rings. The fourth-order valence-corrected chi connectivity index (χ4v) is 5.12. The number of carbonyl (C=O) groups is 2. The molecule has 0 aromatic heterocycles. The van der Waals surface area contributed by atoms with Gasteiger partial charge in [0.2, 0.25) is 11.8 Å². The minimum absolute atomic E-state index is 0.00503. The molecule has 1 N–H and O–H groups in total. The Morgan fingerprint density at radius 2 is 1.85 bits per heavy atom. The number of fused-ring (bicyclic) bond motifs is 1. The Bertz CT molecular complexity index is 842. The molecule has 0 radical (unpaired) electrons. The smallest absolute Gasteiger partial charge is 0.378 e. The van der Waals surface area contributed by atoms with Crippen molar-refractivity contribution in [3.05, 3.63) is 35.4 Å². The Labute approximate surface area is 191 Å². The van der Waals surface area contributed by atoms with Gasteiger partial charge in [-0.3, -0.25) is 19.4 Å². The van der Waals surface area contributed by atoms with E-state index in [0.717, 1.165) is 24.1 Å². The number of nitrogens with one attached hydrogen (secondary N) is 1. The van der Waals surface area contributed by atoms with Gasteiger partial charge in [0, 0.05) is 51.2 Å². The lowest BCUT2D eigenvalue weighted by atomic mass is 10.0. The maximum Gasteiger partial charge on any atom is 0.416 e. The molecule has 33 heavy (non-hydrogen) atoms. The fraction of sp³-hybridized carbons (Fsp3) is 0.652. The zero-order valence-corrected chi connectivity index (χ0v) is 18.8. The van der Waals surface area contributed by atoms with Crippen molar-refractivity contribution in [3.63, 3.8) is 0 Å². The number of likely N-dealkylation sites (tertiary alicyclic amines) is 1. The lowest BCUT2D eigenvalue weighted by Crippen LogP contribution is -2.49. The van der Waals surface area contributed by atoms with E-state index in [1.54, 1.807) is 0 Å². The molecule has 3 atom stereocenters. The monoisotopic (exact) mass is 468 g/mol. The van der Waals surface area contributed by atoms with Crippen LogP contribution in [0.1, 0.15) is 30.4 Å². The van der Waals surface area contributed by atoms with E-state index in [1.807, 2.05) is 16.8 Å². The Hall–Kier alpha value is -2.17. The summed E-state index contributed by atoms with van der Waals surface area (Å²) in [5.74, 6) is 0.0624. The van der Waals surface area contributed by atoms with Crippen molar-refractivity contribution in [3.8, 4) is 0 Å². The van der Waals surface area contributed by atoms with Crippen LogP contribution in [0.25, 0.3) is 0 Å². The van der Waals surface area contributed by atoms with Crippen LogP contribution in [0.5, 0.6) is 0 Å². The van der Waals surface area contributed by atoms with Crippen LogP contribution in [0, 0.1) is 0 Å². The molecule has 3 saturated heterocycles. The molecule has 3 aliphatic heterocycles. The molecule has 7 nitrogen and oxygen atoms in total. The largest absolute Gasteiger partial charge is 0.416 e. The summed E-state index contributed by atoms with van der Waals surface area (Å²) in [6.07, 6.45) is -2.48. The van der Waals surface area contributed by atoms with Gasteiger partial charge in [-0.1, -0.05) is 12.1 Å². The standard InChI is InChI=1S/C23H31F3N4O3/c1-28-18(6-7-20(31)29-10-12-33-13-11-29)14-27-22(32)21-19(28)8-9-30(21)15-16-2-4-17(5-3-16)23(24,25)26/h2-5,18-19,21H,6-15H2,1H3,(H,27,32). The number of hydrogen-bond donors (Lipinski definition) is 1. The quantitative estimate of drug-likeness (QED) is 0.713. The predicted molar refractivity (Wildman–Crippen MR) is 115 cm³/mol. The van der Waals surface area contributed by atoms with Crippen molar-refractivity contribution in [1.29, 1.82) is 0 Å². The normalized spacial score (nSPS) is 27.2. The molecule has 0 aliphatic carbocycles. The van der Waals surface area contributed by atoms with Gasteiger partial charge in [-0.05, 0) is 37.6 Å². The molecule has 4 rings (SSSR count). The first-order chi connectivity index (χ1) is 15.7. The van der Waals surface area contributed by atoms with Gasteiger partial charge in [-0.25, -0.2) is 0 Å². The zero-order chi connectivity index (χ0) is 23.6. The number of hydrogen-bond acceptors (Lipinski definition) is 5. The van der Waals surface area contributed by atoms with Gasteiger partial charge in [0.1, 0.15) is 6.04 Å². The number of amides is 2. The number of morpholine rings is 1. The van der Waals surface area contributed by atoms with E-state index in [0.29, 0.717) is 58.8 Å². The maximum atomic E-state index is 12.9. The number of ether oxygens (including phenoxy) is 1. The van der Waals surface area contributed by atoms with E-state index >= 15 is 0 Å². The minimum atomic E-state index is -4.36. The van der Waals surface area contributed by atoms with Crippen LogP contribution in [-0.4, -0.2) is 91.1 Å². The minimum Gasteiger partial charge on any atom is -0.378 e. The summed E-state index contributed by atoms with van der Waals surface area (Å²) in [7, 11) is 2.00. The van der Waals surface area contributed by atoms with Crippen molar-refractivity contribution >= 4 is 11.8 Å². The number of rotatable bonds is 5. The van der Waals surface area contributed by atoms with Crippen molar-refractivity contribution in [2.75, 3.05) is 46.4 Å². The number of benzene rings is 1. The molecule has 0 saturated carbocycles. The van der Waals surface area contributed by atoms with E-state index in [2.05, 4.69) is 10.2 Å². The topological polar surface area (TPSA) is 65.1 Å². The zero-order valence-electron chi connectivity index (χ0n) is 18.8. The third-order valence-electron chi connectivity index (χ3n) is 7.07. The van der Waals surface area contributed by atoms with Crippen LogP contribution < -0.4 is 5.32 Å². The maximum absolute atomic E-state index is 12.9. The average Bonchev–Trinajstić information content (AvgIpc) is 3.17. The highest BCUT2D eigenvalue weighted by Gasteiger charge is 2.45. The average molecular weight is 469 g/mol. The second-order valence-electron chi connectivity index (χ2n) is 9.06. The number of carbonyl (C=O) groups excluding carboxylic acids is 2. The highest BCUT2D eigenvalue weighted by molar-refractivity contribution is 5.83. The van der Waals surface area contributed by atoms with Crippen LogP contribution in [0.2, 0.25) is 0 Å². The van der Waals surface area contributed by atoms with E-state index in [1.165, 1.54) is 12.1 Å². The highest BCUT2D eigenvalue weighted by atomic mass is 19.4. The molecular weight excluding hydrogens is 437 g/mol. The molecule has 10 heteroatoms. The molecule has 3 aliphatic rings. The Morgan fingerprint density at radius 1 is 1.15 bits per heavy atom. The molecule has 3 fully saturated rings. The number of alkyl halides is 3. The van der Waals surface area contributed by atoms with E-state index in [-0.39, 0.29) is 29.9 Å². The Kier molecular flexibility index (Phi) is 7.25. The molecule has 2 amide bonds. The summed E-state index contributed by atoms with van der Waals surface area (Å²) in [5.41, 5.74) is 0.0722. The predicted octanol–water partition coefficient (Wildman–Crippen LogP) is 1.72. The number of likely N-dealkylation sites (N-methyl/N-ethyl adjacent to an activating group) is 1. The van der Waals surface area contributed by atoms with Crippen molar-refractivity contribution < 1.29 is 27.5 Å². The van der Waals surface area contributed by atoms with Gasteiger partial charge in [0.15, 0.2) is 0 Å². The highest BCUT2D eigenvalue weighted by Crippen LogP contribution is 2.31. The SMILES string of the molecule is CN1C(CCC(=O)N2CCOCC2)CNC(=O)C2C1CCN2Cc1ccc(C(F)(F)F)cc1. The summed E-state index contributed by atoms with van der Waals surface area (Å²) in [5, 5.41) is 3.03. The third kappa shape index (κ3) is 5.50. The molecule has 0 bridgehead atoms. The molecule has 1 aromatic carbocycles. The second kappa shape index (κ2) is 9.99. The van der Waals surface area contributed by atoms with Crippen LogP contribution >= 0.6 is 0 Å². The van der Waals surface area contributed by atoms with Gasteiger partial charge in [0.05, 0.1) is 18.8 Å². The summed E-state index contributed by atoms with van der Waals surface area (Å²) in [4.78, 5) is 31.6. The van der Waals surface area contributed by atoms with Gasteiger partial charge in [-0.2, -0.15) is 13.2 Å². The van der Waals surface area contributed by atoms with Crippen molar-refractivity contribution in [1.82, 2.24) is 20.0 Å². The third-order valence-corrected chi connectivity index (χ3v) is 7.07. The lowest BCUT2D eigenvalue weighted by molar-refractivity contribution is -0.137. The van der Waals surface area contributed by atoms with Gasteiger partial charge in [-0.15, -0.1) is 0 Å². The molecular formula is C23H31F3N4O3. The first-order valence-corrected chi connectivity index (χ1v) is 11.5. The lowest BCUT2D eigenvalue weighted by Gasteiger charge is -2.33.